The number of para-hydroxylation sites is 1. The Bertz CT molecular complexity index is 562. The maximum atomic E-state index is 5.41. The molecule has 2 heterocycles. The van der Waals surface area contributed by atoms with Crippen LogP contribution in [-0.4, -0.2) is 31.5 Å². The van der Waals surface area contributed by atoms with E-state index in [0.717, 1.165) is 44.4 Å². The lowest BCUT2D eigenvalue weighted by Crippen LogP contribution is -2.36. The van der Waals surface area contributed by atoms with Crippen LogP contribution in [-0.2, 0) is 11.3 Å². The number of aryl methyl sites for hydroxylation is 1. The number of benzene rings is 1. The van der Waals surface area contributed by atoms with Crippen LogP contribution in [0, 0.1) is 6.92 Å². The van der Waals surface area contributed by atoms with Crippen molar-refractivity contribution in [2.75, 3.05) is 36.5 Å². The SMILES string of the molecule is Cc1cc(NCc2ccccc2N2CCOCC2)no1. The summed E-state index contributed by atoms with van der Waals surface area (Å²) in [7, 11) is 0. The molecular weight excluding hydrogens is 254 g/mol. The minimum Gasteiger partial charge on any atom is -0.378 e. The van der Waals surface area contributed by atoms with E-state index in [9.17, 15) is 0 Å². The van der Waals surface area contributed by atoms with Gasteiger partial charge in [-0.2, -0.15) is 0 Å². The third-order valence-electron chi connectivity index (χ3n) is 3.43. The van der Waals surface area contributed by atoms with E-state index in [1.807, 2.05) is 13.0 Å². The quantitative estimate of drug-likeness (QED) is 0.927. The van der Waals surface area contributed by atoms with Crippen LogP contribution in [0.15, 0.2) is 34.9 Å². The van der Waals surface area contributed by atoms with Gasteiger partial charge >= 0.3 is 0 Å². The summed E-state index contributed by atoms with van der Waals surface area (Å²) in [4.78, 5) is 2.37. The average molecular weight is 273 g/mol. The van der Waals surface area contributed by atoms with Crippen molar-refractivity contribution in [3.05, 3.63) is 41.7 Å². The lowest BCUT2D eigenvalue weighted by Gasteiger charge is -2.30. The van der Waals surface area contributed by atoms with Gasteiger partial charge in [-0.05, 0) is 18.6 Å². The molecule has 1 N–H and O–H groups in total. The molecule has 5 heteroatoms. The number of rotatable bonds is 4. The first-order chi connectivity index (χ1) is 9.83. The van der Waals surface area contributed by atoms with Gasteiger partial charge in [-0.3, -0.25) is 0 Å². The summed E-state index contributed by atoms with van der Waals surface area (Å²) in [5.74, 6) is 1.59. The summed E-state index contributed by atoms with van der Waals surface area (Å²) in [6.07, 6.45) is 0. The summed E-state index contributed by atoms with van der Waals surface area (Å²) in [6.45, 7) is 6.11. The van der Waals surface area contributed by atoms with Crippen molar-refractivity contribution < 1.29 is 9.26 Å². The fourth-order valence-electron chi connectivity index (χ4n) is 2.41. The molecule has 3 rings (SSSR count). The lowest BCUT2D eigenvalue weighted by molar-refractivity contribution is 0.122. The largest absolute Gasteiger partial charge is 0.378 e. The molecule has 20 heavy (non-hydrogen) atoms. The molecule has 1 aromatic carbocycles. The average Bonchev–Trinajstić information content (AvgIpc) is 2.92. The van der Waals surface area contributed by atoms with Crippen molar-refractivity contribution in [2.45, 2.75) is 13.5 Å². The maximum Gasteiger partial charge on any atom is 0.169 e. The summed E-state index contributed by atoms with van der Waals surface area (Å²) in [5, 5.41) is 7.25. The Hall–Kier alpha value is -2.01. The highest BCUT2D eigenvalue weighted by Crippen LogP contribution is 2.22. The predicted molar refractivity (Wildman–Crippen MR) is 78.0 cm³/mol. The Morgan fingerprint density at radius 2 is 2.05 bits per heavy atom. The number of hydrogen-bond acceptors (Lipinski definition) is 5. The second-order valence-corrected chi connectivity index (χ2v) is 4.90. The van der Waals surface area contributed by atoms with Gasteiger partial charge in [0.2, 0.25) is 0 Å². The standard InChI is InChI=1S/C15H19N3O2/c1-12-10-15(17-20-12)16-11-13-4-2-3-5-14(13)18-6-8-19-9-7-18/h2-5,10H,6-9,11H2,1H3,(H,16,17). The van der Waals surface area contributed by atoms with Crippen LogP contribution < -0.4 is 10.2 Å². The minimum absolute atomic E-state index is 0.736. The Balaban J connectivity index is 1.72. The predicted octanol–water partition coefficient (Wildman–Crippen LogP) is 2.43. The van der Waals surface area contributed by atoms with E-state index in [0.29, 0.717) is 0 Å². The molecule has 1 aliphatic heterocycles. The van der Waals surface area contributed by atoms with E-state index in [-0.39, 0.29) is 0 Å². The number of anilines is 2. The first-order valence-corrected chi connectivity index (χ1v) is 6.91. The van der Waals surface area contributed by atoms with Crippen LogP contribution in [0.1, 0.15) is 11.3 Å². The van der Waals surface area contributed by atoms with Crippen molar-refractivity contribution in [2.24, 2.45) is 0 Å². The molecule has 2 aromatic rings. The van der Waals surface area contributed by atoms with Crippen LogP contribution in [0.2, 0.25) is 0 Å². The second-order valence-electron chi connectivity index (χ2n) is 4.90. The molecule has 0 spiro atoms. The van der Waals surface area contributed by atoms with E-state index in [1.165, 1.54) is 11.3 Å². The molecule has 0 unspecified atom stereocenters. The molecule has 1 aliphatic rings. The molecule has 0 atom stereocenters. The zero-order valence-electron chi connectivity index (χ0n) is 11.6. The summed E-state index contributed by atoms with van der Waals surface area (Å²) < 4.78 is 10.5. The highest BCUT2D eigenvalue weighted by atomic mass is 16.5. The lowest BCUT2D eigenvalue weighted by atomic mass is 10.1. The van der Waals surface area contributed by atoms with Crippen molar-refractivity contribution >= 4 is 11.5 Å². The van der Waals surface area contributed by atoms with Crippen LogP contribution in [0.5, 0.6) is 0 Å². The Morgan fingerprint density at radius 1 is 1.25 bits per heavy atom. The number of hydrogen-bond donors (Lipinski definition) is 1. The van der Waals surface area contributed by atoms with Crippen molar-refractivity contribution in [3.8, 4) is 0 Å². The molecular formula is C15H19N3O2. The van der Waals surface area contributed by atoms with Crippen LogP contribution in [0.4, 0.5) is 11.5 Å². The summed E-state index contributed by atoms with van der Waals surface area (Å²) in [6, 6.07) is 10.3. The topological polar surface area (TPSA) is 50.5 Å². The highest BCUT2D eigenvalue weighted by Gasteiger charge is 2.14. The van der Waals surface area contributed by atoms with E-state index in [2.05, 4.69) is 39.6 Å². The fourth-order valence-corrected chi connectivity index (χ4v) is 2.41. The third kappa shape index (κ3) is 2.93. The molecule has 1 fully saturated rings. The minimum atomic E-state index is 0.736. The number of ether oxygens (including phenoxy) is 1. The van der Waals surface area contributed by atoms with Gasteiger partial charge in [0.1, 0.15) is 5.76 Å². The molecule has 1 saturated heterocycles. The summed E-state index contributed by atoms with van der Waals surface area (Å²) >= 11 is 0. The van der Waals surface area contributed by atoms with E-state index in [1.54, 1.807) is 0 Å². The van der Waals surface area contributed by atoms with Crippen LogP contribution in [0.3, 0.4) is 0 Å². The van der Waals surface area contributed by atoms with Crippen molar-refractivity contribution in [1.82, 2.24) is 5.16 Å². The molecule has 0 amide bonds. The zero-order valence-corrected chi connectivity index (χ0v) is 11.6. The summed E-state index contributed by atoms with van der Waals surface area (Å²) in [5.41, 5.74) is 2.53. The molecule has 0 aliphatic carbocycles. The van der Waals surface area contributed by atoms with Gasteiger partial charge in [-0.1, -0.05) is 23.4 Å². The van der Waals surface area contributed by atoms with Gasteiger partial charge in [0, 0.05) is 31.4 Å². The Labute approximate surface area is 118 Å². The molecule has 5 nitrogen and oxygen atoms in total. The third-order valence-corrected chi connectivity index (χ3v) is 3.43. The van der Waals surface area contributed by atoms with Crippen LogP contribution >= 0.6 is 0 Å². The Morgan fingerprint density at radius 3 is 2.80 bits per heavy atom. The van der Waals surface area contributed by atoms with Gasteiger partial charge in [0.25, 0.3) is 0 Å². The van der Waals surface area contributed by atoms with E-state index in [4.69, 9.17) is 9.26 Å². The van der Waals surface area contributed by atoms with E-state index >= 15 is 0 Å². The maximum absolute atomic E-state index is 5.41. The van der Waals surface area contributed by atoms with Gasteiger partial charge in [0.15, 0.2) is 5.82 Å². The normalized spacial score (nSPS) is 15.3. The fraction of sp³-hybridized carbons (Fsp3) is 0.400. The second kappa shape index (κ2) is 5.96. The number of nitrogens with zero attached hydrogens (tertiary/aromatic N) is 2. The van der Waals surface area contributed by atoms with E-state index < -0.39 is 0 Å². The van der Waals surface area contributed by atoms with Gasteiger partial charge in [0.05, 0.1) is 13.2 Å². The monoisotopic (exact) mass is 273 g/mol. The first kappa shape index (κ1) is 13.0. The molecule has 106 valence electrons. The van der Waals surface area contributed by atoms with Crippen molar-refractivity contribution in [1.29, 1.82) is 0 Å². The molecule has 0 saturated carbocycles. The van der Waals surface area contributed by atoms with Crippen molar-refractivity contribution in [3.63, 3.8) is 0 Å². The molecule has 0 bridgehead atoms. The Kier molecular flexibility index (Phi) is 3.87. The number of aromatic nitrogens is 1. The van der Waals surface area contributed by atoms with Gasteiger partial charge < -0.3 is 19.5 Å². The van der Waals surface area contributed by atoms with Gasteiger partial charge in [-0.15, -0.1) is 0 Å². The zero-order chi connectivity index (χ0) is 13.8. The first-order valence-electron chi connectivity index (χ1n) is 6.91. The van der Waals surface area contributed by atoms with Crippen LogP contribution in [0.25, 0.3) is 0 Å². The number of morpholine rings is 1. The van der Waals surface area contributed by atoms with Gasteiger partial charge in [-0.25, -0.2) is 0 Å². The molecule has 0 radical (unpaired) electrons. The highest BCUT2D eigenvalue weighted by molar-refractivity contribution is 5.55. The molecule has 1 aromatic heterocycles. The number of nitrogens with one attached hydrogen (secondary N) is 1. The smallest absolute Gasteiger partial charge is 0.169 e.